The van der Waals surface area contributed by atoms with Crippen LogP contribution in [0.5, 0.6) is 5.88 Å². The summed E-state index contributed by atoms with van der Waals surface area (Å²) in [5.74, 6) is 0.241. The number of H-pyrrole nitrogens is 1. The number of benzene rings is 1. The Balaban J connectivity index is 1.77. The minimum atomic E-state index is -1.50. The highest BCUT2D eigenvalue weighted by Crippen LogP contribution is 2.28. The second-order valence-electron chi connectivity index (χ2n) is 6.47. The Kier molecular flexibility index (Phi) is 6.40. The van der Waals surface area contributed by atoms with Crippen LogP contribution in [0.2, 0.25) is 0 Å². The molecule has 5 N–H and O–H groups in total. The Morgan fingerprint density at radius 2 is 1.85 bits per heavy atom. The maximum atomic E-state index is 10.1. The van der Waals surface area contributed by atoms with E-state index >= 15 is 0 Å². The summed E-state index contributed by atoms with van der Waals surface area (Å²) >= 11 is 1.67. The van der Waals surface area contributed by atoms with Gasteiger partial charge in [0.15, 0.2) is 0 Å². The molecule has 1 fully saturated rings. The number of thioether (sulfide) groups is 1. The van der Waals surface area contributed by atoms with E-state index in [4.69, 9.17) is 9.47 Å². The van der Waals surface area contributed by atoms with Crippen LogP contribution in [0.1, 0.15) is 16.8 Å². The zero-order chi connectivity index (χ0) is 19.6. The van der Waals surface area contributed by atoms with E-state index in [2.05, 4.69) is 10.2 Å². The quantitative estimate of drug-likeness (QED) is 0.439. The average Bonchev–Trinajstić information content (AvgIpc) is 3.02. The van der Waals surface area contributed by atoms with Gasteiger partial charge in [-0.25, -0.2) is 0 Å². The Bertz CT molecular complexity index is 751. The lowest BCUT2D eigenvalue weighted by molar-refractivity contribution is -0.278. The molecule has 1 aromatic carbocycles. The van der Waals surface area contributed by atoms with Gasteiger partial charge in [-0.2, -0.15) is 0 Å². The summed E-state index contributed by atoms with van der Waals surface area (Å²) in [6, 6.07) is 8.12. The van der Waals surface area contributed by atoms with E-state index in [1.54, 1.807) is 11.8 Å². The van der Waals surface area contributed by atoms with E-state index in [1.807, 2.05) is 37.4 Å². The number of nitrogens with one attached hydrogen (secondary N) is 1. The van der Waals surface area contributed by atoms with Crippen molar-refractivity contribution in [2.45, 2.75) is 48.9 Å². The van der Waals surface area contributed by atoms with Gasteiger partial charge >= 0.3 is 0 Å². The zero-order valence-corrected chi connectivity index (χ0v) is 15.9. The summed E-state index contributed by atoms with van der Waals surface area (Å²) in [5.41, 5.74) is 2.67. The van der Waals surface area contributed by atoms with Gasteiger partial charge in [0.25, 0.3) is 0 Å². The third-order valence-electron chi connectivity index (χ3n) is 4.65. The first-order chi connectivity index (χ1) is 12.9. The average molecular weight is 396 g/mol. The molecule has 5 atom stereocenters. The lowest BCUT2D eigenvalue weighted by Crippen LogP contribution is -2.60. The zero-order valence-electron chi connectivity index (χ0n) is 15.1. The van der Waals surface area contributed by atoms with E-state index in [0.29, 0.717) is 6.42 Å². The molecule has 0 saturated carbocycles. The maximum Gasteiger partial charge on any atom is 0.238 e. The van der Waals surface area contributed by atoms with Crippen molar-refractivity contribution in [2.75, 3.05) is 12.9 Å². The SMILES string of the molecule is CSc1ccc(Cc2c(O[C@@H]3O[C@H](CO)[C@@H](O)[C@H](O)[C@H]3O)n[nH]c2C)cc1. The number of rotatable bonds is 6. The standard InChI is InChI=1S/C18H24N2O6S/c1-9-12(7-10-3-5-11(27-2)6-4-10)17(20-19-9)26-18-16(24)15(23)14(22)13(8-21)25-18/h3-6,13-16,18,21-24H,7-8H2,1-2H3,(H,19,20)/t13-,14-,15+,16-,18+/m1/s1. The van der Waals surface area contributed by atoms with Gasteiger partial charge in [0, 0.05) is 22.6 Å². The van der Waals surface area contributed by atoms with Gasteiger partial charge in [0.1, 0.15) is 24.4 Å². The molecule has 1 saturated heterocycles. The minimum Gasteiger partial charge on any atom is -0.443 e. The number of aliphatic hydroxyl groups excluding tert-OH is 4. The molecular weight excluding hydrogens is 372 g/mol. The second kappa shape index (κ2) is 8.59. The van der Waals surface area contributed by atoms with Gasteiger partial charge in [0.2, 0.25) is 12.2 Å². The maximum absolute atomic E-state index is 10.1. The summed E-state index contributed by atoms with van der Waals surface area (Å²) in [6.45, 7) is 1.35. The van der Waals surface area contributed by atoms with Gasteiger partial charge in [-0.15, -0.1) is 16.9 Å². The molecule has 0 amide bonds. The first-order valence-corrected chi connectivity index (χ1v) is 9.81. The number of ether oxygens (including phenoxy) is 2. The van der Waals surface area contributed by atoms with Crippen LogP contribution in [0.3, 0.4) is 0 Å². The fourth-order valence-corrected chi connectivity index (χ4v) is 3.37. The van der Waals surface area contributed by atoms with Crippen LogP contribution >= 0.6 is 11.8 Å². The number of aryl methyl sites for hydroxylation is 1. The first-order valence-electron chi connectivity index (χ1n) is 8.58. The first kappa shape index (κ1) is 20.1. The predicted molar refractivity (Wildman–Crippen MR) is 98.7 cm³/mol. The molecular formula is C18H24N2O6S. The second-order valence-corrected chi connectivity index (χ2v) is 7.35. The van der Waals surface area contributed by atoms with Crippen molar-refractivity contribution in [1.82, 2.24) is 10.2 Å². The van der Waals surface area contributed by atoms with Crippen LogP contribution in [0.4, 0.5) is 0 Å². The Labute approximate surface area is 161 Å². The van der Waals surface area contributed by atoms with Gasteiger partial charge < -0.3 is 29.9 Å². The molecule has 1 aromatic heterocycles. The summed E-state index contributed by atoms with van der Waals surface area (Å²) in [5, 5.41) is 46.2. The van der Waals surface area contributed by atoms with E-state index in [9.17, 15) is 20.4 Å². The summed E-state index contributed by atoms with van der Waals surface area (Å²) in [6.07, 6.45) is -4.13. The van der Waals surface area contributed by atoms with Crippen LogP contribution in [0, 0.1) is 6.92 Å². The van der Waals surface area contributed by atoms with Gasteiger partial charge in [0.05, 0.1) is 6.61 Å². The van der Waals surface area contributed by atoms with Crippen molar-refractivity contribution < 1.29 is 29.9 Å². The number of hydrogen-bond acceptors (Lipinski definition) is 8. The third-order valence-corrected chi connectivity index (χ3v) is 5.40. The molecule has 2 heterocycles. The number of nitrogens with zero attached hydrogens (tertiary/aromatic N) is 1. The van der Waals surface area contributed by atoms with Gasteiger partial charge in [-0.3, -0.25) is 5.10 Å². The van der Waals surface area contributed by atoms with Crippen molar-refractivity contribution >= 4 is 11.8 Å². The topological polar surface area (TPSA) is 128 Å². The van der Waals surface area contributed by atoms with E-state index in [0.717, 1.165) is 16.8 Å². The van der Waals surface area contributed by atoms with Crippen molar-refractivity contribution in [3.05, 3.63) is 41.1 Å². The molecule has 8 nitrogen and oxygen atoms in total. The van der Waals surface area contributed by atoms with Crippen LogP contribution < -0.4 is 4.74 Å². The summed E-state index contributed by atoms with van der Waals surface area (Å²) < 4.78 is 11.1. The minimum absolute atomic E-state index is 0.241. The number of aliphatic hydroxyl groups is 4. The molecule has 3 rings (SSSR count). The summed E-state index contributed by atoms with van der Waals surface area (Å²) in [7, 11) is 0. The molecule has 1 aliphatic heterocycles. The lowest BCUT2D eigenvalue weighted by Gasteiger charge is -2.39. The molecule has 2 aromatic rings. The van der Waals surface area contributed by atoms with E-state index in [-0.39, 0.29) is 5.88 Å². The molecule has 9 heteroatoms. The van der Waals surface area contributed by atoms with Crippen LogP contribution in [-0.2, 0) is 11.2 Å². The highest BCUT2D eigenvalue weighted by atomic mass is 32.2. The monoisotopic (exact) mass is 396 g/mol. The fourth-order valence-electron chi connectivity index (χ4n) is 2.96. The third kappa shape index (κ3) is 4.29. The normalized spacial score (nSPS) is 28.3. The van der Waals surface area contributed by atoms with Crippen LogP contribution in [0.25, 0.3) is 0 Å². The van der Waals surface area contributed by atoms with Crippen molar-refractivity contribution in [3.8, 4) is 5.88 Å². The molecule has 0 aliphatic carbocycles. The van der Waals surface area contributed by atoms with Crippen molar-refractivity contribution in [3.63, 3.8) is 0 Å². The Morgan fingerprint density at radius 3 is 2.48 bits per heavy atom. The fraction of sp³-hybridized carbons (Fsp3) is 0.500. The molecule has 0 radical (unpaired) electrons. The highest BCUT2D eigenvalue weighted by Gasteiger charge is 2.45. The molecule has 1 aliphatic rings. The van der Waals surface area contributed by atoms with Crippen molar-refractivity contribution in [2.24, 2.45) is 0 Å². The van der Waals surface area contributed by atoms with Crippen LogP contribution in [-0.4, -0.2) is 74.2 Å². The Morgan fingerprint density at radius 1 is 1.15 bits per heavy atom. The van der Waals surface area contributed by atoms with Gasteiger partial charge in [-0.1, -0.05) is 12.1 Å². The van der Waals surface area contributed by atoms with Gasteiger partial charge in [-0.05, 0) is 30.9 Å². The van der Waals surface area contributed by atoms with E-state index < -0.39 is 37.3 Å². The lowest BCUT2D eigenvalue weighted by atomic mass is 9.99. The largest absolute Gasteiger partial charge is 0.443 e. The molecule has 27 heavy (non-hydrogen) atoms. The Hall–Kier alpha value is -1.62. The molecule has 0 spiro atoms. The molecule has 148 valence electrons. The molecule has 0 bridgehead atoms. The number of aromatic nitrogens is 2. The number of aromatic amines is 1. The smallest absolute Gasteiger partial charge is 0.238 e. The summed E-state index contributed by atoms with van der Waals surface area (Å²) in [4.78, 5) is 1.17. The number of hydrogen-bond donors (Lipinski definition) is 5. The van der Waals surface area contributed by atoms with Crippen molar-refractivity contribution in [1.29, 1.82) is 0 Å². The molecule has 0 unspecified atom stereocenters. The van der Waals surface area contributed by atoms with Crippen LogP contribution in [0.15, 0.2) is 29.2 Å². The predicted octanol–water partition coefficient (Wildman–Crippen LogP) is 0.210. The van der Waals surface area contributed by atoms with E-state index in [1.165, 1.54) is 4.90 Å². The highest BCUT2D eigenvalue weighted by molar-refractivity contribution is 7.98.